The van der Waals surface area contributed by atoms with Crippen molar-refractivity contribution in [3.8, 4) is 11.8 Å². The van der Waals surface area contributed by atoms with Gasteiger partial charge in [0.2, 0.25) is 17.7 Å². The highest BCUT2D eigenvalue weighted by Crippen LogP contribution is 2.35. The molecule has 5 unspecified atom stereocenters. The van der Waals surface area contributed by atoms with Crippen LogP contribution in [0.15, 0.2) is 0 Å². The minimum atomic E-state index is -0.890. The van der Waals surface area contributed by atoms with Crippen molar-refractivity contribution >= 4 is 17.7 Å². The molecule has 0 aromatic heterocycles. The number of carbonyl (C=O) groups excluding carboxylic acids is 3. The Morgan fingerprint density at radius 3 is 2.11 bits per heavy atom. The fourth-order valence-corrected chi connectivity index (χ4v) is 7.64. The summed E-state index contributed by atoms with van der Waals surface area (Å²) < 4.78 is 0. The summed E-state index contributed by atoms with van der Waals surface area (Å²) in [6, 6.07) is -0.500. The van der Waals surface area contributed by atoms with Gasteiger partial charge in [-0.3, -0.25) is 19.8 Å². The molecule has 0 aromatic rings. The van der Waals surface area contributed by atoms with Gasteiger partial charge in [-0.25, -0.2) is 5.01 Å². The first-order valence-corrected chi connectivity index (χ1v) is 17.5. The molecule has 0 aromatic carbocycles. The second kappa shape index (κ2) is 18.7. The van der Waals surface area contributed by atoms with Crippen molar-refractivity contribution < 1.29 is 24.6 Å². The maximum atomic E-state index is 13.9. The second-order valence-corrected chi connectivity index (χ2v) is 13.8. The molecular weight excluding hydrogens is 556 g/mol. The van der Waals surface area contributed by atoms with Crippen molar-refractivity contribution in [1.82, 2.24) is 20.7 Å². The molecule has 4 N–H and O–H groups in total. The molecule has 0 bridgehead atoms. The Morgan fingerprint density at radius 1 is 0.864 bits per heavy atom. The summed E-state index contributed by atoms with van der Waals surface area (Å²) in [5, 5.41) is 26.4. The van der Waals surface area contributed by atoms with Crippen LogP contribution in [0, 0.1) is 41.4 Å². The monoisotopic (exact) mass is 616 g/mol. The average molecular weight is 617 g/mol. The molecule has 0 saturated heterocycles. The third kappa shape index (κ3) is 11.3. The first kappa shape index (κ1) is 36.3. The van der Waals surface area contributed by atoms with E-state index in [1.54, 1.807) is 19.0 Å². The average Bonchev–Trinajstić information content (AvgIpc) is 3.01. The van der Waals surface area contributed by atoms with Crippen molar-refractivity contribution in [2.45, 2.75) is 135 Å². The molecule has 44 heavy (non-hydrogen) atoms. The molecule has 3 aliphatic carbocycles. The zero-order valence-corrected chi connectivity index (χ0v) is 27.9. The number of amides is 3. The van der Waals surface area contributed by atoms with Gasteiger partial charge in [-0.2, -0.15) is 0 Å². The number of likely N-dealkylation sites (N-methyl/N-ethyl adjacent to an activating group) is 1. The van der Waals surface area contributed by atoms with Gasteiger partial charge in [0.25, 0.3) is 0 Å². The summed E-state index contributed by atoms with van der Waals surface area (Å²) in [5.74, 6) is 5.94. The van der Waals surface area contributed by atoms with Gasteiger partial charge in [-0.15, -0.1) is 11.8 Å². The highest BCUT2D eigenvalue weighted by Gasteiger charge is 2.39. The second-order valence-electron chi connectivity index (χ2n) is 13.8. The maximum Gasteiger partial charge on any atom is 0.237 e. The van der Waals surface area contributed by atoms with Gasteiger partial charge in [-0.05, 0) is 89.9 Å². The van der Waals surface area contributed by atoms with E-state index in [0.29, 0.717) is 25.7 Å². The van der Waals surface area contributed by atoms with Crippen molar-refractivity contribution in [2.75, 3.05) is 26.7 Å². The number of aliphatic hydroxyl groups is 2. The van der Waals surface area contributed by atoms with Gasteiger partial charge in [0.1, 0.15) is 0 Å². The Bertz CT molecular complexity index is 960. The maximum absolute atomic E-state index is 13.9. The van der Waals surface area contributed by atoms with Crippen LogP contribution in [0.2, 0.25) is 0 Å². The molecule has 3 fully saturated rings. The van der Waals surface area contributed by atoms with E-state index >= 15 is 0 Å². The first-order valence-electron chi connectivity index (χ1n) is 17.5. The lowest BCUT2D eigenvalue weighted by atomic mass is 9.74. The number of nitrogens with one attached hydrogen (secondary N) is 2. The Hall–Kier alpha value is -2.15. The fourth-order valence-electron chi connectivity index (χ4n) is 7.64. The van der Waals surface area contributed by atoms with Crippen LogP contribution < -0.4 is 10.7 Å². The molecule has 250 valence electrons. The number of hydrazine groups is 1. The zero-order chi connectivity index (χ0) is 32.1. The Labute approximate surface area is 266 Å². The smallest absolute Gasteiger partial charge is 0.237 e. The van der Waals surface area contributed by atoms with Crippen LogP contribution in [-0.4, -0.2) is 82.8 Å². The van der Waals surface area contributed by atoms with Crippen molar-refractivity contribution in [3.05, 3.63) is 0 Å². The van der Waals surface area contributed by atoms with Gasteiger partial charge in [0.05, 0.1) is 18.2 Å². The molecule has 5 atom stereocenters. The lowest BCUT2D eigenvalue weighted by Gasteiger charge is -2.37. The topological polar surface area (TPSA) is 122 Å². The normalized spacial score (nSPS) is 27.5. The summed E-state index contributed by atoms with van der Waals surface area (Å²) in [6.07, 6.45) is 11.3. The van der Waals surface area contributed by atoms with Crippen LogP contribution in [0.1, 0.15) is 117 Å². The minimum Gasteiger partial charge on any atom is -0.393 e. The van der Waals surface area contributed by atoms with Gasteiger partial charge in [-0.1, -0.05) is 33.1 Å². The van der Waals surface area contributed by atoms with Crippen LogP contribution in [0.25, 0.3) is 0 Å². The lowest BCUT2D eigenvalue weighted by Crippen LogP contribution is -2.54. The molecule has 3 saturated carbocycles. The standard InChI is InChI=1S/C35H60N4O5/c1-5-11-26-20-28(23-29(21-26)35(44)39(18-6-2)19-7-3)33(42)36-31(22-25-14-16-30(40)17-15-25)32(41)24-38(4)37-34(43)27-12-9-8-10-13-27/h25-32,40-41H,6-10,12-24H2,1-4H3,(H,36,42)(H,37,43). The van der Waals surface area contributed by atoms with Gasteiger partial charge in [0, 0.05) is 50.4 Å². The molecule has 3 rings (SSSR count). The SMILES string of the molecule is CC#CC1CC(C(=O)NC(CC2CCC(O)CC2)C(O)CN(C)NC(=O)C2CCCCC2)CC(C(=O)N(CCC)CCC)C1. The number of carbonyl (C=O) groups is 3. The van der Waals surface area contributed by atoms with Crippen LogP contribution in [0.5, 0.6) is 0 Å². The fraction of sp³-hybridized carbons (Fsp3) is 0.857. The van der Waals surface area contributed by atoms with Gasteiger partial charge >= 0.3 is 0 Å². The molecule has 3 aliphatic rings. The summed E-state index contributed by atoms with van der Waals surface area (Å²) in [7, 11) is 1.77. The molecule has 0 spiro atoms. The van der Waals surface area contributed by atoms with E-state index in [-0.39, 0.29) is 60.0 Å². The molecular formula is C35H60N4O5. The molecule has 9 nitrogen and oxygen atoms in total. The third-order valence-corrected chi connectivity index (χ3v) is 10.0. The number of hydrogen-bond acceptors (Lipinski definition) is 6. The van der Waals surface area contributed by atoms with E-state index in [2.05, 4.69) is 36.4 Å². The number of rotatable bonds is 14. The molecule has 3 amide bonds. The van der Waals surface area contributed by atoms with E-state index in [1.165, 1.54) is 6.42 Å². The van der Waals surface area contributed by atoms with Gasteiger partial charge in [0.15, 0.2) is 0 Å². The van der Waals surface area contributed by atoms with E-state index in [4.69, 9.17) is 0 Å². The predicted octanol–water partition coefficient (Wildman–Crippen LogP) is 4.02. The first-order chi connectivity index (χ1) is 21.1. The van der Waals surface area contributed by atoms with E-state index in [9.17, 15) is 24.6 Å². The summed E-state index contributed by atoms with van der Waals surface area (Å²) in [5.41, 5.74) is 2.96. The van der Waals surface area contributed by atoms with Crippen molar-refractivity contribution in [1.29, 1.82) is 0 Å². The highest BCUT2D eigenvalue weighted by molar-refractivity contribution is 5.83. The zero-order valence-electron chi connectivity index (χ0n) is 27.9. The van der Waals surface area contributed by atoms with Gasteiger partial charge < -0.3 is 20.4 Å². The predicted molar refractivity (Wildman–Crippen MR) is 173 cm³/mol. The van der Waals surface area contributed by atoms with E-state index < -0.39 is 12.1 Å². The largest absolute Gasteiger partial charge is 0.393 e. The number of aliphatic hydroxyl groups excluding tert-OH is 2. The lowest BCUT2D eigenvalue weighted by molar-refractivity contribution is -0.139. The van der Waals surface area contributed by atoms with Crippen LogP contribution in [0.4, 0.5) is 0 Å². The Balaban J connectivity index is 1.70. The third-order valence-electron chi connectivity index (χ3n) is 10.0. The van der Waals surface area contributed by atoms with Crippen molar-refractivity contribution in [2.24, 2.45) is 29.6 Å². The summed E-state index contributed by atoms with van der Waals surface area (Å²) in [4.78, 5) is 42.3. The Kier molecular flexibility index (Phi) is 15.5. The molecule has 0 radical (unpaired) electrons. The highest BCUT2D eigenvalue weighted by atomic mass is 16.3. The number of hydrogen-bond donors (Lipinski definition) is 4. The van der Waals surface area contributed by atoms with Crippen molar-refractivity contribution in [3.63, 3.8) is 0 Å². The molecule has 0 aliphatic heterocycles. The summed E-state index contributed by atoms with van der Waals surface area (Å²) in [6.45, 7) is 7.60. The molecule has 0 heterocycles. The van der Waals surface area contributed by atoms with E-state index in [0.717, 1.165) is 77.3 Å². The van der Waals surface area contributed by atoms with Crippen LogP contribution >= 0.6 is 0 Å². The molecule has 9 heteroatoms. The quantitative estimate of drug-likeness (QED) is 0.173. The van der Waals surface area contributed by atoms with E-state index in [1.807, 2.05) is 4.90 Å². The summed E-state index contributed by atoms with van der Waals surface area (Å²) >= 11 is 0. The van der Waals surface area contributed by atoms with Crippen LogP contribution in [-0.2, 0) is 14.4 Å². The van der Waals surface area contributed by atoms with Crippen LogP contribution in [0.3, 0.4) is 0 Å². The number of nitrogens with zero attached hydrogens (tertiary/aromatic N) is 2. The minimum absolute atomic E-state index is 0.00225. The Morgan fingerprint density at radius 2 is 1.50 bits per heavy atom.